The monoisotopic (exact) mass is 441 g/mol. The molecule has 0 spiro atoms. The zero-order valence-electron chi connectivity index (χ0n) is 15.2. The lowest BCUT2D eigenvalue weighted by Crippen LogP contribution is -2.29. The second kappa shape index (κ2) is 8.23. The summed E-state index contributed by atoms with van der Waals surface area (Å²) < 4.78 is 57.6. The molecule has 0 bridgehead atoms. The van der Waals surface area contributed by atoms with Gasteiger partial charge in [-0.15, -0.1) is 0 Å². The van der Waals surface area contributed by atoms with Gasteiger partial charge in [-0.3, -0.25) is 9.78 Å². The third-order valence-corrected chi connectivity index (χ3v) is 4.07. The molecule has 1 aromatic carbocycles. The summed E-state index contributed by atoms with van der Waals surface area (Å²) >= 11 is 5.83. The van der Waals surface area contributed by atoms with Crippen LogP contribution in [0.5, 0.6) is 0 Å². The zero-order valence-corrected chi connectivity index (χ0v) is 16.0. The van der Waals surface area contributed by atoms with E-state index in [4.69, 9.17) is 16.3 Å². The number of nitrogens with zero attached hydrogens (tertiary/aromatic N) is 3. The highest BCUT2D eigenvalue weighted by atomic mass is 35.5. The first kappa shape index (κ1) is 21.4. The van der Waals surface area contributed by atoms with Gasteiger partial charge in [0.1, 0.15) is 17.1 Å². The van der Waals surface area contributed by atoms with Crippen molar-refractivity contribution in [2.75, 3.05) is 6.61 Å². The van der Waals surface area contributed by atoms with E-state index in [1.807, 2.05) is 0 Å². The number of benzene rings is 1. The molecule has 0 unspecified atom stereocenters. The molecule has 6 nitrogen and oxygen atoms in total. The number of esters is 1. The van der Waals surface area contributed by atoms with Gasteiger partial charge < -0.3 is 4.74 Å². The number of ether oxygens (including phenoxy) is 1. The molecule has 11 heteroatoms. The quantitative estimate of drug-likeness (QED) is 0.446. The number of halogens is 5. The highest BCUT2D eigenvalue weighted by molar-refractivity contribution is 6.30. The maximum atomic E-state index is 13.8. The van der Waals surface area contributed by atoms with Gasteiger partial charge in [0.15, 0.2) is 0 Å². The Morgan fingerprint density at radius 1 is 1.20 bits per heavy atom. The van der Waals surface area contributed by atoms with Crippen LogP contribution in [0.3, 0.4) is 0 Å². The zero-order chi connectivity index (χ0) is 22.1. The normalized spacial score (nSPS) is 11.4. The van der Waals surface area contributed by atoms with E-state index >= 15 is 0 Å². The van der Waals surface area contributed by atoms with Crippen molar-refractivity contribution in [3.8, 4) is 16.9 Å². The summed E-state index contributed by atoms with van der Waals surface area (Å²) in [5.74, 6) is -1.73. The fraction of sp³-hybridized carbons (Fsp3) is 0.158. The van der Waals surface area contributed by atoms with Gasteiger partial charge in [-0.25, -0.2) is 9.18 Å². The minimum Gasteiger partial charge on any atom is -0.462 e. The lowest BCUT2D eigenvalue weighted by atomic mass is 10.1. The average Bonchev–Trinajstić information content (AvgIpc) is 2.67. The minimum atomic E-state index is -4.64. The van der Waals surface area contributed by atoms with Gasteiger partial charge in [0.2, 0.25) is 0 Å². The predicted octanol–water partition coefficient (Wildman–Crippen LogP) is 4.28. The van der Waals surface area contributed by atoms with Crippen molar-refractivity contribution >= 4 is 17.6 Å². The van der Waals surface area contributed by atoms with Crippen molar-refractivity contribution in [1.29, 1.82) is 0 Å². The van der Waals surface area contributed by atoms with Gasteiger partial charge in [0.05, 0.1) is 18.0 Å². The fourth-order valence-corrected chi connectivity index (χ4v) is 2.76. The molecule has 0 N–H and O–H groups in total. The average molecular weight is 442 g/mol. The van der Waals surface area contributed by atoms with Crippen LogP contribution in [0.15, 0.2) is 47.4 Å². The summed E-state index contributed by atoms with van der Waals surface area (Å²) in [5.41, 5.74) is -2.54. The molecule has 0 radical (unpaired) electrons. The molecule has 0 amide bonds. The standard InChI is InChI=1S/C19H12ClF4N3O3/c1-2-30-18(29)14-8-15(10-3-4-16(25-9-10)19(22,23)24)26-27(17(14)28)13-6-11(20)5-12(21)7-13/h3-9H,2H2,1H3. The van der Waals surface area contributed by atoms with E-state index in [9.17, 15) is 27.2 Å². The molecule has 0 saturated carbocycles. The van der Waals surface area contributed by atoms with E-state index < -0.39 is 34.8 Å². The first-order valence-electron chi connectivity index (χ1n) is 8.41. The van der Waals surface area contributed by atoms with E-state index in [2.05, 4.69) is 10.1 Å². The van der Waals surface area contributed by atoms with Gasteiger partial charge in [-0.2, -0.15) is 23.0 Å². The third-order valence-electron chi connectivity index (χ3n) is 3.85. The van der Waals surface area contributed by atoms with Crippen LogP contribution < -0.4 is 5.56 Å². The predicted molar refractivity (Wildman–Crippen MR) is 99.0 cm³/mol. The van der Waals surface area contributed by atoms with E-state index in [1.165, 1.54) is 13.0 Å². The molecule has 2 aromatic heterocycles. The van der Waals surface area contributed by atoms with Crippen LogP contribution in [0.2, 0.25) is 5.02 Å². The van der Waals surface area contributed by atoms with Crippen LogP contribution in [-0.2, 0) is 10.9 Å². The van der Waals surface area contributed by atoms with Crippen LogP contribution in [0.4, 0.5) is 17.6 Å². The van der Waals surface area contributed by atoms with Crippen molar-refractivity contribution in [2.24, 2.45) is 0 Å². The Morgan fingerprint density at radius 3 is 2.50 bits per heavy atom. The van der Waals surface area contributed by atoms with Gasteiger partial charge in [-0.1, -0.05) is 11.6 Å². The Balaban J connectivity index is 2.22. The highest BCUT2D eigenvalue weighted by Crippen LogP contribution is 2.28. The molecule has 0 fully saturated rings. The van der Waals surface area contributed by atoms with E-state index in [1.54, 1.807) is 0 Å². The molecular formula is C19H12ClF4N3O3. The van der Waals surface area contributed by atoms with Gasteiger partial charge in [0.25, 0.3) is 5.56 Å². The molecule has 2 heterocycles. The van der Waals surface area contributed by atoms with E-state index in [0.717, 1.165) is 36.5 Å². The van der Waals surface area contributed by atoms with Crippen LogP contribution in [-0.4, -0.2) is 27.3 Å². The smallest absolute Gasteiger partial charge is 0.433 e. The first-order chi connectivity index (χ1) is 14.1. The number of alkyl halides is 3. The Bertz CT molecular complexity index is 1140. The maximum Gasteiger partial charge on any atom is 0.433 e. The lowest BCUT2D eigenvalue weighted by molar-refractivity contribution is -0.141. The van der Waals surface area contributed by atoms with Crippen LogP contribution in [0.1, 0.15) is 23.0 Å². The Labute approximate surface area is 171 Å². The summed E-state index contributed by atoms with van der Waals surface area (Å²) in [6.07, 6.45) is -3.74. The van der Waals surface area contributed by atoms with Crippen molar-refractivity contribution in [3.05, 3.63) is 75.0 Å². The number of hydrogen-bond donors (Lipinski definition) is 0. The van der Waals surface area contributed by atoms with Crippen molar-refractivity contribution < 1.29 is 27.1 Å². The summed E-state index contributed by atoms with van der Waals surface area (Å²) in [6.45, 7) is 1.51. The summed E-state index contributed by atoms with van der Waals surface area (Å²) in [4.78, 5) is 28.3. The summed E-state index contributed by atoms with van der Waals surface area (Å²) in [7, 11) is 0. The minimum absolute atomic E-state index is 0.0242. The Kier molecular flexibility index (Phi) is 5.88. The summed E-state index contributed by atoms with van der Waals surface area (Å²) in [6, 6.07) is 6.09. The number of pyridine rings is 1. The summed E-state index contributed by atoms with van der Waals surface area (Å²) in [5, 5.41) is 4.01. The van der Waals surface area contributed by atoms with Gasteiger partial charge in [-0.05, 0) is 43.3 Å². The third kappa shape index (κ3) is 4.48. The highest BCUT2D eigenvalue weighted by Gasteiger charge is 2.32. The number of rotatable bonds is 4. The first-order valence-corrected chi connectivity index (χ1v) is 8.79. The van der Waals surface area contributed by atoms with Crippen LogP contribution in [0.25, 0.3) is 16.9 Å². The Hall–Kier alpha value is -3.27. The number of carbonyl (C=O) groups excluding carboxylic acids is 1. The number of hydrogen-bond acceptors (Lipinski definition) is 5. The molecule has 0 saturated heterocycles. The SMILES string of the molecule is CCOC(=O)c1cc(-c2ccc(C(F)(F)F)nc2)nn(-c2cc(F)cc(Cl)c2)c1=O. The molecule has 156 valence electrons. The maximum absolute atomic E-state index is 13.8. The van der Waals surface area contributed by atoms with E-state index in [0.29, 0.717) is 4.68 Å². The van der Waals surface area contributed by atoms with Crippen LogP contribution >= 0.6 is 11.6 Å². The molecule has 0 aliphatic heterocycles. The molecule has 30 heavy (non-hydrogen) atoms. The molecule has 3 rings (SSSR count). The largest absolute Gasteiger partial charge is 0.462 e. The van der Waals surface area contributed by atoms with Gasteiger partial charge in [0, 0.05) is 16.8 Å². The van der Waals surface area contributed by atoms with Crippen molar-refractivity contribution in [2.45, 2.75) is 13.1 Å². The number of carbonyl (C=O) groups is 1. The van der Waals surface area contributed by atoms with Crippen molar-refractivity contribution in [1.82, 2.24) is 14.8 Å². The molecule has 0 aliphatic rings. The fourth-order valence-electron chi connectivity index (χ4n) is 2.54. The van der Waals surface area contributed by atoms with Crippen LogP contribution in [0, 0.1) is 5.82 Å². The topological polar surface area (TPSA) is 74.1 Å². The Morgan fingerprint density at radius 2 is 1.93 bits per heavy atom. The molecular weight excluding hydrogens is 430 g/mol. The van der Waals surface area contributed by atoms with Gasteiger partial charge >= 0.3 is 12.1 Å². The van der Waals surface area contributed by atoms with Crippen molar-refractivity contribution in [3.63, 3.8) is 0 Å². The second-order valence-corrected chi connectivity index (χ2v) is 6.37. The number of aromatic nitrogens is 3. The van der Waals surface area contributed by atoms with E-state index in [-0.39, 0.29) is 28.6 Å². The molecule has 0 aliphatic carbocycles. The molecule has 0 atom stereocenters. The molecule has 3 aromatic rings. The second-order valence-electron chi connectivity index (χ2n) is 5.94. The lowest BCUT2D eigenvalue weighted by Gasteiger charge is -2.11.